The smallest absolute Gasteiger partial charge is 0.344 e. The molecule has 0 fully saturated rings. The highest BCUT2D eigenvalue weighted by Crippen LogP contribution is 2.26. The van der Waals surface area contributed by atoms with Gasteiger partial charge in [0.05, 0.1) is 28.6 Å². The summed E-state index contributed by atoms with van der Waals surface area (Å²) in [5.41, 5.74) is 2.92. The Bertz CT molecular complexity index is 1380. The highest BCUT2D eigenvalue weighted by atomic mass is 35.5. The standard InChI is InChI=1S/C23H21ClN4O4/c1-4-31-20(29)13-32-19-10-7-11-27-22(19)25-15(3)21(23(27)30)17-12-14(2)28(26-17)18-9-6-5-8-16(18)24/h5-12H,4,13H2,1-3H3. The van der Waals surface area contributed by atoms with Crippen LogP contribution in [0.1, 0.15) is 18.3 Å². The van der Waals surface area contributed by atoms with Gasteiger partial charge < -0.3 is 9.47 Å². The molecule has 32 heavy (non-hydrogen) atoms. The number of esters is 1. The Morgan fingerprint density at radius 1 is 1.16 bits per heavy atom. The lowest BCUT2D eigenvalue weighted by Gasteiger charge is -2.11. The first kappa shape index (κ1) is 21.6. The Kier molecular flexibility index (Phi) is 5.96. The van der Waals surface area contributed by atoms with E-state index in [-0.39, 0.29) is 18.8 Å². The van der Waals surface area contributed by atoms with Gasteiger partial charge in [-0.2, -0.15) is 5.10 Å². The molecule has 3 aromatic heterocycles. The number of hydrogen-bond donors (Lipinski definition) is 0. The maximum Gasteiger partial charge on any atom is 0.344 e. The van der Waals surface area contributed by atoms with Crippen LogP contribution < -0.4 is 10.3 Å². The van der Waals surface area contributed by atoms with Gasteiger partial charge in [-0.15, -0.1) is 0 Å². The van der Waals surface area contributed by atoms with Crippen molar-refractivity contribution in [3.63, 3.8) is 0 Å². The van der Waals surface area contributed by atoms with Crippen LogP contribution in [-0.4, -0.2) is 38.3 Å². The molecule has 0 atom stereocenters. The SMILES string of the molecule is CCOC(=O)COc1cccn2c(=O)c(-c3cc(C)n(-c4ccccc4Cl)n3)c(C)nc12. The molecule has 4 aromatic rings. The molecule has 8 nitrogen and oxygen atoms in total. The van der Waals surface area contributed by atoms with E-state index >= 15 is 0 Å². The van der Waals surface area contributed by atoms with Crippen LogP contribution in [0.5, 0.6) is 5.75 Å². The van der Waals surface area contributed by atoms with Gasteiger partial charge in [0.25, 0.3) is 5.56 Å². The lowest BCUT2D eigenvalue weighted by molar-refractivity contribution is -0.145. The zero-order chi connectivity index (χ0) is 22.8. The number of rotatable bonds is 6. The number of nitrogens with zero attached hydrogens (tertiary/aromatic N) is 4. The number of hydrogen-bond acceptors (Lipinski definition) is 6. The summed E-state index contributed by atoms with van der Waals surface area (Å²) in [6.45, 7) is 5.34. The Labute approximate surface area is 189 Å². The molecule has 0 N–H and O–H groups in total. The second-order valence-corrected chi connectivity index (χ2v) is 7.48. The van der Waals surface area contributed by atoms with Gasteiger partial charge in [-0.05, 0) is 51.1 Å². The molecule has 0 aliphatic heterocycles. The number of halogens is 1. The van der Waals surface area contributed by atoms with Crippen LogP contribution in [0.2, 0.25) is 5.02 Å². The number of para-hydroxylation sites is 1. The third kappa shape index (κ3) is 3.97. The number of aromatic nitrogens is 4. The van der Waals surface area contributed by atoms with Crippen molar-refractivity contribution < 1.29 is 14.3 Å². The molecule has 4 rings (SSSR count). The van der Waals surface area contributed by atoms with Gasteiger partial charge >= 0.3 is 5.97 Å². The van der Waals surface area contributed by atoms with Crippen molar-refractivity contribution in [1.29, 1.82) is 0 Å². The monoisotopic (exact) mass is 452 g/mol. The first-order valence-corrected chi connectivity index (χ1v) is 10.4. The van der Waals surface area contributed by atoms with E-state index in [2.05, 4.69) is 10.1 Å². The number of benzene rings is 1. The Morgan fingerprint density at radius 3 is 2.69 bits per heavy atom. The summed E-state index contributed by atoms with van der Waals surface area (Å²) in [6.07, 6.45) is 1.60. The van der Waals surface area contributed by atoms with Gasteiger partial charge in [0, 0.05) is 11.9 Å². The largest absolute Gasteiger partial charge is 0.478 e. The topological polar surface area (TPSA) is 87.7 Å². The summed E-state index contributed by atoms with van der Waals surface area (Å²) in [5, 5.41) is 5.18. The highest BCUT2D eigenvalue weighted by Gasteiger charge is 2.19. The van der Waals surface area contributed by atoms with Crippen molar-refractivity contribution in [2.24, 2.45) is 0 Å². The van der Waals surface area contributed by atoms with Crippen molar-refractivity contribution in [2.75, 3.05) is 13.2 Å². The fraction of sp³-hybridized carbons (Fsp3) is 0.217. The zero-order valence-electron chi connectivity index (χ0n) is 17.8. The van der Waals surface area contributed by atoms with Crippen LogP contribution in [0.25, 0.3) is 22.6 Å². The summed E-state index contributed by atoms with van der Waals surface area (Å²) in [6, 6.07) is 12.5. The molecule has 3 heterocycles. The first-order chi connectivity index (χ1) is 15.4. The van der Waals surface area contributed by atoms with Gasteiger partial charge in [0.2, 0.25) is 0 Å². The fourth-order valence-electron chi connectivity index (χ4n) is 3.45. The fourth-order valence-corrected chi connectivity index (χ4v) is 3.67. The number of aryl methyl sites for hydroxylation is 2. The van der Waals surface area contributed by atoms with Crippen LogP contribution in [0.15, 0.2) is 53.5 Å². The predicted octanol–water partition coefficient (Wildman–Crippen LogP) is 3.76. The van der Waals surface area contributed by atoms with E-state index in [1.807, 2.05) is 31.2 Å². The van der Waals surface area contributed by atoms with E-state index in [9.17, 15) is 9.59 Å². The maximum absolute atomic E-state index is 13.4. The number of pyridine rings is 1. The second-order valence-electron chi connectivity index (χ2n) is 7.07. The number of carbonyl (C=O) groups is 1. The lowest BCUT2D eigenvalue weighted by Crippen LogP contribution is -2.21. The van der Waals surface area contributed by atoms with Crippen molar-refractivity contribution in [1.82, 2.24) is 19.2 Å². The first-order valence-electron chi connectivity index (χ1n) is 10.0. The van der Waals surface area contributed by atoms with Crippen molar-refractivity contribution in [3.8, 4) is 22.7 Å². The molecular formula is C23H21ClN4O4. The molecule has 0 aliphatic carbocycles. The number of carbonyl (C=O) groups excluding carboxylic acids is 1. The summed E-state index contributed by atoms with van der Waals surface area (Å²) >= 11 is 6.33. The van der Waals surface area contributed by atoms with Gasteiger partial charge in [0.1, 0.15) is 5.69 Å². The van der Waals surface area contributed by atoms with Crippen LogP contribution in [0.4, 0.5) is 0 Å². The normalized spacial score (nSPS) is 11.0. The van der Waals surface area contributed by atoms with Crippen LogP contribution in [-0.2, 0) is 9.53 Å². The van der Waals surface area contributed by atoms with Gasteiger partial charge in [0.15, 0.2) is 18.0 Å². The molecule has 1 aromatic carbocycles. The minimum Gasteiger partial charge on any atom is -0.478 e. The quantitative estimate of drug-likeness (QED) is 0.414. The molecule has 0 unspecified atom stereocenters. The summed E-state index contributed by atoms with van der Waals surface area (Å²) in [7, 11) is 0. The zero-order valence-corrected chi connectivity index (χ0v) is 18.6. The van der Waals surface area contributed by atoms with E-state index in [1.54, 1.807) is 42.9 Å². The third-order valence-corrected chi connectivity index (χ3v) is 5.19. The Morgan fingerprint density at radius 2 is 1.94 bits per heavy atom. The molecule has 0 radical (unpaired) electrons. The van der Waals surface area contributed by atoms with Gasteiger partial charge in [-0.3, -0.25) is 9.20 Å². The average Bonchev–Trinajstić information content (AvgIpc) is 3.13. The van der Waals surface area contributed by atoms with E-state index in [0.29, 0.717) is 33.4 Å². The number of fused-ring (bicyclic) bond motifs is 1. The molecule has 0 bridgehead atoms. The van der Waals surface area contributed by atoms with E-state index < -0.39 is 5.97 Å². The highest BCUT2D eigenvalue weighted by molar-refractivity contribution is 6.32. The third-order valence-electron chi connectivity index (χ3n) is 4.87. The lowest BCUT2D eigenvalue weighted by atomic mass is 10.1. The van der Waals surface area contributed by atoms with E-state index in [1.165, 1.54) is 4.40 Å². The van der Waals surface area contributed by atoms with Crippen LogP contribution >= 0.6 is 11.6 Å². The molecule has 164 valence electrons. The molecule has 0 spiro atoms. The minimum absolute atomic E-state index is 0.262. The van der Waals surface area contributed by atoms with Crippen molar-refractivity contribution in [2.45, 2.75) is 20.8 Å². The predicted molar refractivity (Wildman–Crippen MR) is 121 cm³/mol. The van der Waals surface area contributed by atoms with Gasteiger partial charge in [-0.1, -0.05) is 23.7 Å². The number of ether oxygens (including phenoxy) is 2. The molecule has 0 saturated heterocycles. The summed E-state index contributed by atoms with van der Waals surface area (Å²) in [5.74, 6) is -0.184. The van der Waals surface area contributed by atoms with E-state index in [4.69, 9.17) is 21.1 Å². The molecule has 9 heteroatoms. The molecule has 0 aliphatic rings. The minimum atomic E-state index is -0.495. The molecule has 0 amide bonds. The van der Waals surface area contributed by atoms with Crippen LogP contribution in [0, 0.1) is 13.8 Å². The summed E-state index contributed by atoms with van der Waals surface area (Å²) < 4.78 is 13.5. The molecule has 0 saturated carbocycles. The molecular weight excluding hydrogens is 432 g/mol. The summed E-state index contributed by atoms with van der Waals surface area (Å²) in [4.78, 5) is 29.6. The van der Waals surface area contributed by atoms with Gasteiger partial charge in [-0.25, -0.2) is 14.5 Å². The van der Waals surface area contributed by atoms with E-state index in [0.717, 1.165) is 11.4 Å². The maximum atomic E-state index is 13.4. The van der Waals surface area contributed by atoms with Crippen LogP contribution in [0.3, 0.4) is 0 Å². The second kappa shape index (κ2) is 8.84. The van der Waals surface area contributed by atoms with Crippen molar-refractivity contribution >= 4 is 23.2 Å². The Hall–Kier alpha value is -3.65. The van der Waals surface area contributed by atoms with Crippen molar-refractivity contribution in [3.05, 3.63) is 75.4 Å². The average molecular weight is 453 g/mol. The Balaban J connectivity index is 1.79.